The molecule has 328 valence electrons. The van der Waals surface area contributed by atoms with Crippen LogP contribution in [-0.4, -0.2) is 88.9 Å². The van der Waals surface area contributed by atoms with Gasteiger partial charge in [0.1, 0.15) is 0 Å². The fourth-order valence-electron chi connectivity index (χ4n) is 10.9. The van der Waals surface area contributed by atoms with Gasteiger partial charge in [-0.15, -0.1) is 0 Å². The number of rotatable bonds is 14. The van der Waals surface area contributed by atoms with Crippen LogP contribution < -0.4 is 5.32 Å². The van der Waals surface area contributed by atoms with Crippen molar-refractivity contribution in [2.45, 2.75) is 84.2 Å². The first-order chi connectivity index (χ1) is 30.2. The number of Topliss-reactive ketones (excluding diaryl/α,β-unsaturated/α-hetero) is 1. The maximum absolute atomic E-state index is 13.9. The summed E-state index contributed by atoms with van der Waals surface area (Å²) >= 11 is 7.08. The molecule has 2 saturated carbocycles. The molecule has 2 aliphatic heterocycles. The molecule has 14 heteroatoms. The van der Waals surface area contributed by atoms with E-state index < -0.39 is 17.4 Å². The van der Waals surface area contributed by atoms with Crippen LogP contribution in [0.4, 0.5) is 5.69 Å². The van der Waals surface area contributed by atoms with Crippen LogP contribution in [0.1, 0.15) is 110 Å². The third kappa shape index (κ3) is 8.11. The van der Waals surface area contributed by atoms with E-state index in [1.165, 1.54) is 0 Å². The average Bonchev–Trinajstić information content (AvgIpc) is 4.04. The van der Waals surface area contributed by atoms with Crippen molar-refractivity contribution in [3.63, 3.8) is 0 Å². The predicted molar refractivity (Wildman–Crippen MR) is 239 cm³/mol. The molecule has 2 aliphatic carbocycles. The summed E-state index contributed by atoms with van der Waals surface area (Å²) in [5, 5.41) is 22.5. The number of carbonyl (C=O) groups is 4. The first kappa shape index (κ1) is 42.7. The predicted octanol–water partition coefficient (Wildman–Crippen LogP) is 7.54. The number of amides is 1. The van der Waals surface area contributed by atoms with Crippen LogP contribution >= 0.6 is 11.6 Å². The van der Waals surface area contributed by atoms with Gasteiger partial charge in [-0.2, -0.15) is 0 Å². The summed E-state index contributed by atoms with van der Waals surface area (Å²) in [5.74, 6) is -1.21. The van der Waals surface area contributed by atoms with Crippen molar-refractivity contribution >= 4 is 40.9 Å². The highest BCUT2D eigenvalue weighted by atomic mass is 35.5. The molecule has 2 aromatic heterocycles. The van der Waals surface area contributed by atoms with Gasteiger partial charge in [0, 0.05) is 83.0 Å². The second-order valence-corrected chi connectivity index (χ2v) is 18.8. The van der Waals surface area contributed by atoms with Crippen molar-refractivity contribution in [2.75, 3.05) is 31.5 Å². The number of aliphatic carboxylic acids is 1. The SMILES string of the molecule is Cc1c(CC(=O)c2nc3c(n2C)CCN(CCc2ccc(C(=O)O)cc2)C3)cccc1-c1cccc(NC(=O)c2nc3c(n2C)CCN(CCC24CCC(C(=O)O)(CC2)C4)C3)c1Cl. The monoisotopic (exact) mass is 871 g/mol. The van der Waals surface area contributed by atoms with E-state index in [-0.39, 0.29) is 29.1 Å². The molecule has 9 rings (SSSR count). The Morgan fingerprint density at radius 2 is 1.40 bits per heavy atom. The van der Waals surface area contributed by atoms with Gasteiger partial charge < -0.3 is 24.7 Å². The Hall–Kier alpha value is -5.63. The zero-order valence-electron chi connectivity index (χ0n) is 36.2. The highest BCUT2D eigenvalue weighted by Crippen LogP contribution is 2.63. The Balaban J connectivity index is 0.838. The molecule has 0 saturated heterocycles. The van der Waals surface area contributed by atoms with Crippen LogP contribution in [0.25, 0.3) is 11.1 Å². The number of benzene rings is 3. The molecule has 3 N–H and O–H groups in total. The van der Waals surface area contributed by atoms with E-state index in [0.29, 0.717) is 35.4 Å². The highest BCUT2D eigenvalue weighted by molar-refractivity contribution is 6.36. The summed E-state index contributed by atoms with van der Waals surface area (Å²) in [6, 6.07) is 18.4. The van der Waals surface area contributed by atoms with Crippen LogP contribution in [0.15, 0.2) is 60.7 Å². The number of anilines is 1. The highest BCUT2D eigenvalue weighted by Gasteiger charge is 2.57. The molecule has 3 aromatic carbocycles. The van der Waals surface area contributed by atoms with Crippen molar-refractivity contribution in [2.24, 2.45) is 24.9 Å². The number of carboxylic acids is 2. The molecule has 1 amide bonds. The Morgan fingerprint density at radius 1 is 0.778 bits per heavy atom. The van der Waals surface area contributed by atoms with Gasteiger partial charge in [0.2, 0.25) is 5.78 Å². The average molecular weight is 872 g/mol. The number of aromatic nitrogens is 4. The number of hydrogen-bond donors (Lipinski definition) is 3. The van der Waals surface area contributed by atoms with Crippen LogP contribution in [0, 0.1) is 17.8 Å². The van der Waals surface area contributed by atoms with Gasteiger partial charge in [-0.1, -0.05) is 54.1 Å². The van der Waals surface area contributed by atoms with Gasteiger partial charge in [0.15, 0.2) is 11.6 Å². The van der Waals surface area contributed by atoms with Crippen LogP contribution in [0.3, 0.4) is 0 Å². The molecular weight excluding hydrogens is 818 g/mol. The molecule has 0 radical (unpaired) electrons. The summed E-state index contributed by atoms with van der Waals surface area (Å²) in [5.41, 5.74) is 8.77. The summed E-state index contributed by atoms with van der Waals surface area (Å²) in [6.07, 6.45) is 7.88. The fourth-order valence-corrected chi connectivity index (χ4v) is 11.2. The number of nitrogens with zero attached hydrogens (tertiary/aromatic N) is 6. The van der Waals surface area contributed by atoms with E-state index in [1.54, 1.807) is 18.2 Å². The maximum Gasteiger partial charge on any atom is 0.335 e. The van der Waals surface area contributed by atoms with Gasteiger partial charge in [0.05, 0.1) is 33.1 Å². The Labute approximate surface area is 372 Å². The van der Waals surface area contributed by atoms with E-state index in [2.05, 4.69) is 15.1 Å². The normalized spacial score (nSPS) is 20.7. The van der Waals surface area contributed by atoms with Crippen molar-refractivity contribution < 1.29 is 29.4 Å². The Morgan fingerprint density at radius 3 is 2.05 bits per heavy atom. The number of ketones is 1. The molecule has 5 aromatic rings. The number of hydrogen-bond acceptors (Lipinski definition) is 8. The lowest BCUT2D eigenvalue weighted by Crippen LogP contribution is -2.34. The Kier molecular flexibility index (Phi) is 11.4. The number of fused-ring (bicyclic) bond motifs is 4. The minimum absolute atomic E-state index is 0.0700. The Bertz CT molecular complexity index is 2640. The smallest absolute Gasteiger partial charge is 0.335 e. The quantitative estimate of drug-likeness (QED) is 0.0951. The maximum atomic E-state index is 13.9. The summed E-state index contributed by atoms with van der Waals surface area (Å²) in [7, 11) is 3.80. The van der Waals surface area contributed by atoms with Crippen LogP contribution in [0.2, 0.25) is 5.02 Å². The lowest BCUT2D eigenvalue weighted by Gasteiger charge is -2.32. The third-order valence-electron chi connectivity index (χ3n) is 14.8. The lowest BCUT2D eigenvalue weighted by molar-refractivity contribution is -0.148. The zero-order chi connectivity index (χ0) is 44.2. The van der Waals surface area contributed by atoms with Crippen molar-refractivity contribution in [3.05, 3.63) is 122 Å². The summed E-state index contributed by atoms with van der Waals surface area (Å²) in [4.78, 5) is 65.4. The minimum atomic E-state index is -0.933. The lowest BCUT2D eigenvalue weighted by atomic mass is 9.80. The minimum Gasteiger partial charge on any atom is -0.481 e. The molecular formula is C49H54ClN7O6. The first-order valence-corrected chi connectivity index (χ1v) is 22.4. The largest absolute Gasteiger partial charge is 0.481 e. The summed E-state index contributed by atoms with van der Waals surface area (Å²) < 4.78 is 3.83. The number of halogens is 1. The fraction of sp³-hybridized carbons (Fsp3) is 0.429. The van der Waals surface area contributed by atoms with E-state index in [4.69, 9.17) is 21.6 Å². The van der Waals surface area contributed by atoms with E-state index in [1.807, 2.05) is 72.6 Å². The topological polar surface area (TPSA) is 163 Å². The molecule has 0 spiro atoms. The van der Waals surface area contributed by atoms with Crippen LogP contribution in [-0.2, 0) is 57.7 Å². The molecule has 4 aliphatic rings. The van der Waals surface area contributed by atoms with Crippen LogP contribution in [0.5, 0.6) is 0 Å². The number of nitrogens with one attached hydrogen (secondary N) is 1. The van der Waals surface area contributed by atoms with Gasteiger partial charge >= 0.3 is 11.9 Å². The molecule has 0 unspecified atom stereocenters. The van der Waals surface area contributed by atoms with E-state index in [0.717, 1.165) is 135 Å². The standard InChI is InChI=1S/C49H54ClN7O6/c1-30-33(26-41(58)43-51-37-27-56(23-15-39(37)54(43)2)22-14-31-10-12-32(13-11-31)46(60)61)6-4-7-34(30)35-8-5-9-36(42(35)50)53-45(59)44-52-38-28-57(24-16-40(38)55(44)3)25-21-48-17-19-49(29-48,20-18-48)47(62)63/h4-13H,14-29H2,1-3H3,(H,53,59)(H,60,61)(H,62,63). The molecule has 4 heterocycles. The molecule has 2 bridgehead atoms. The second-order valence-electron chi connectivity index (χ2n) is 18.4. The zero-order valence-corrected chi connectivity index (χ0v) is 36.9. The molecule has 13 nitrogen and oxygen atoms in total. The second kappa shape index (κ2) is 16.8. The molecule has 2 fully saturated rings. The number of carbonyl (C=O) groups excluding carboxylic acids is 2. The number of aromatic carboxylic acids is 1. The van der Waals surface area contributed by atoms with Crippen molar-refractivity contribution in [1.29, 1.82) is 0 Å². The van der Waals surface area contributed by atoms with Gasteiger partial charge in [-0.05, 0) is 104 Å². The van der Waals surface area contributed by atoms with Gasteiger partial charge in [-0.3, -0.25) is 24.2 Å². The van der Waals surface area contributed by atoms with E-state index >= 15 is 0 Å². The van der Waals surface area contributed by atoms with E-state index in [9.17, 15) is 29.4 Å². The molecule has 0 atom stereocenters. The number of carboxylic acid groups (broad SMARTS) is 2. The third-order valence-corrected chi connectivity index (χ3v) is 15.2. The number of imidazole rings is 2. The van der Waals surface area contributed by atoms with Crippen molar-refractivity contribution in [1.82, 2.24) is 28.9 Å². The first-order valence-electron chi connectivity index (χ1n) is 22.0. The van der Waals surface area contributed by atoms with Gasteiger partial charge in [0.25, 0.3) is 5.91 Å². The van der Waals surface area contributed by atoms with Crippen molar-refractivity contribution in [3.8, 4) is 11.1 Å². The molecule has 63 heavy (non-hydrogen) atoms. The summed E-state index contributed by atoms with van der Waals surface area (Å²) in [6.45, 7) is 6.69. The van der Waals surface area contributed by atoms with Gasteiger partial charge in [-0.25, -0.2) is 14.8 Å².